The number of hydrogen-bond acceptors (Lipinski definition) is 1. The minimum atomic E-state index is -0.00185. The maximum absolute atomic E-state index is 11.3. The van der Waals surface area contributed by atoms with Gasteiger partial charge in [0.25, 0.3) is 0 Å². The first kappa shape index (κ1) is 8.24. The van der Waals surface area contributed by atoms with Gasteiger partial charge in [0, 0.05) is 11.0 Å². The normalized spacial score (nSPS) is 29.6. The summed E-state index contributed by atoms with van der Waals surface area (Å²) in [5.74, 6) is -0.00185. The van der Waals surface area contributed by atoms with Crippen LogP contribution in [0.1, 0.15) is 13.3 Å². The van der Waals surface area contributed by atoms with Crippen LogP contribution in [0.25, 0.3) is 0 Å². The molecule has 66 valence electrons. The first-order valence-corrected chi connectivity index (χ1v) is 4.43. The molecule has 0 saturated heterocycles. The molecule has 1 nitrogen and oxygen atoms in total. The Kier molecular flexibility index (Phi) is 1.62. The van der Waals surface area contributed by atoms with E-state index in [9.17, 15) is 4.79 Å². The van der Waals surface area contributed by atoms with E-state index in [0.29, 0.717) is 0 Å². The molecule has 0 bridgehead atoms. The van der Waals surface area contributed by atoms with Crippen molar-refractivity contribution in [1.82, 2.24) is 0 Å². The van der Waals surface area contributed by atoms with Gasteiger partial charge in [-0.15, -0.1) is 0 Å². The number of ketones is 1. The average molecular weight is 172 g/mol. The van der Waals surface area contributed by atoms with Gasteiger partial charge >= 0.3 is 0 Å². The molecule has 0 radical (unpaired) electrons. The summed E-state index contributed by atoms with van der Waals surface area (Å²) in [6, 6.07) is 0. The van der Waals surface area contributed by atoms with Crippen LogP contribution in [0.4, 0.5) is 0 Å². The van der Waals surface area contributed by atoms with Gasteiger partial charge in [0.2, 0.25) is 0 Å². The van der Waals surface area contributed by atoms with Crippen LogP contribution in [-0.2, 0) is 4.79 Å². The number of rotatable bonds is 2. The van der Waals surface area contributed by atoms with Crippen LogP contribution in [0.5, 0.6) is 0 Å². The van der Waals surface area contributed by atoms with Gasteiger partial charge in [-0.05, 0) is 12.5 Å². The van der Waals surface area contributed by atoms with Crippen molar-refractivity contribution in [1.29, 1.82) is 0 Å². The lowest BCUT2D eigenvalue weighted by Gasteiger charge is -1.97. The second kappa shape index (κ2) is 2.56. The summed E-state index contributed by atoms with van der Waals surface area (Å²) in [5, 5.41) is 0. The molecule has 0 aromatic rings. The molecule has 0 aliphatic heterocycles. The van der Waals surface area contributed by atoms with Crippen LogP contribution in [0, 0.1) is 5.41 Å². The maximum atomic E-state index is 11.3. The van der Waals surface area contributed by atoms with Crippen molar-refractivity contribution in [2.75, 3.05) is 0 Å². The molecule has 0 aromatic carbocycles. The zero-order valence-electron chi connectivity index (χ0n) is 7.71. The fourth-order valence-corrected chi connectivity index (χ4v) is 1.57. The number of allylic oxidation sites excluding steroid dienone is 7. The van der Waals surface area contributed by atoms with E-state index < -0.39 is 0 Å². The van der Waals surface area contributed by atoms with Crippen molar-refractivity contribution in [3.63, 3.8) is 0 Å². The lowest BCUT2D eigenvalue weighted by molar-refractivity contribution is -0.111. The molecule has 0 aromatic heterocycles. The van der Waals surface area contributed by atoms with Gasteiger partial charge in [0.15, 0.2) is 5.78 Å². The predicted molar refractivity (Wildman–Crippen MR) is 53.2 cm³/mol. The molecule has 0 spiro atoms. The molecule has 1 unspecified atom stereocenters. The summed E-state index contributed by atoms with van der Waals surface area (Å²) in [6.45, 7) is 5.65. The number of carbonyl (C=O) groups excluding carboxylic acids is 1. The number of carbonyl (C=O) groups is 1. The number of hydrogen-bond donors (Lipinski definition) is 0. The van der Waals surface area contributed by atoms with Crippen LogP contribution in [0.3, 0.4) is 0 Å². The van der Waals surface area contributed by atoms with Gasteiger partial charge in [0.05, 0.1) is 0 Å². The van der Waals surface area contributed by atoms with Crippen LogP contribution in [-0.4, -0.2) is 5.78 Å². The Morgan fingerprint density at radius 2 is 2.38 bits per heavy atom. The Morgan fingerprint density at radius 3 is 3.08 bits per heavy atom. The van der Waals surface area contributed by atoms with Crippen LogP contribution in [0.15, 0.2) is 48.1 Å². The third-order valence-corrected chi connectivity index (χ3v) is 2.73. The molecule has 13 heavy (non-hydrogen) atoms. The quantitative estimate of drug-likeness (QED) is 0.585. The van der Waals surface area contributed by atoms with Gasteiger partial charge in [0.1, 0.15) is 0 Å². The van der Waals surface area contributed by atoms with E-state index in [1.165, 1.54) is 11.6 Å². The van der Waals surface area contributed by atoms with E-state index in [1.807, 2.05) is 12.2 Å². The lowest BCUT2D eigenvalue weighted by atomic mass is 10.1. The Balaban J connectivity index is 2.31. The van der Waals surface area contributed by atoms with Crippen molar-refractivity contribution >= 4 is 5.78 Å². The van der Waals surface area contributed by atoms with Gasteiger partial charge in [-0.1, -0.05) is 43.4 Å². The molecular weight excluding hydrogens is 160 g/mol. The van der Waals surface area contributed by atoms with Crippen molar-refractivity contribution in [2.45, 2.75) is 13.3 Å². The molecule has 2 aliphatic rings. The highest BCUT2D eigenvalue weighted by Crippen LogP contribution is 2.53. The van der Waals surface area contributed by atoms with E-state index in [4.69, 9.17) is 0 Å². The SMILES string of the molecule is C=CC(=O)C1=CC=C2CC2(C)C=C1. The smallest absolute Gasteiger partial charge is 0.185 e. The average Bonchev–Trinajstić information content (AvgIpc) is 2.77. The fourth-order valence-electron chi connectivity index (χ4n) is 1.57. The zero-order valence-corrected chi connectivity index (χ0v) is 7.71. The number of fused-ring (bicyclic) bond motifs is 1. The highest BCUT2D eigenvalue weighted by molar-refractivity contribution is 6.06. The molecule has 1 heteroatoms. The van der Waals surface area contributed by atoms with Gasteiger partial charge in [-0.2, -0.15) is 0 Å². The highest BCUT2D eigenvalue weighted by atomic mass is 16.1. The van der Waals surface area contributed by atoms with E-state index in [2.05, 4.69) is 25.7 Å². The molecule has 0 N–H and O–H groups in total. The third-order valence-electron chi connectivity index (χ3n) is 2.73. The van der Waals surface area contributed by atoms with Crippen molar-refractivity contribution < 1.29 is 4.79 Å². The second-order valence-electron chi connectivity index (χ2n) is 3.81. The standard InChI is InChI=1S/C12H12O/c1-3-11(13)9-4-5-10-8-12(10,2)7-6-9/h3-7H,1,8H2,2H3. The minimum absolute atomic E-state index is 0.00185. The molecule has 1 saturated carbocycles. The summed E-state index contributed by atoms with van der Waals surface area (Å²) >= 11 is 0. The fraction of sp³-hybridized carbons (Fsp3) is 0.250. The van der Waals surface area contributed by atoms with Gasteiger partial charge < -0.3 is 0 Å². The van der Waals surface area contributed by atoms with E-state index in [0.717, 1.165) is 12.0 Å². The van der Waals surface area contributed by atoms with E-state index >= 15 is 0 Å². The first-order chi connectivity index (χ1) is 6.15. The zero-order chi connectivity index (χ0) is 9.47. The first-order valence-electron chi connectivity index (χ1n) is 4.43. The van der Waals surface area contributed by atoms with Crippen LogP contribution in [0.2, 0.25) is 0 Å². The molecular formula is C12H12O. The topological polar surface area (TPSA) is 17.1 Å². The summed E-state index contributed by atoms with van der Waals surface area (Å²) in [4.78, 5) is 11.3. The Hall–Kier alpha value is -1.37. The Morgan fingerprint density at radius 1 is 1.62 bits per heavy atom. The van der Waals surface area contributed by atoms with E-state index in [1.54, 1.807) is 0 Å². The van der Waals surface area contributed by atoms with Crippen molar-refractivity contribution in [3.05, 3.63) is 48.1 Å². The molecule has 0 heterocycles. The van der Waals surface area contributed by atoms with Crippen LogP contribution < -0.4 is 0 Å². The van der Waals surface area contributed by atoms with Crippen molar-refractivity contribution in [2.24, 2.45) is 5.41 Å². The molecule has 0 amide bonds. The largest absolute Gasteiger partial charge is 0.289 e. The third kappa shape index (κ3) is 1.31. The highest BCUT2D eigenvalue weighted by Gasteiger charge is 2.41. The molecule has 1 fully saturated rings. The molecule has 2 rings (SSSR count). The Labute approximate surface area is 78.1 Å². The lowest BCUT2D eigenvalue weighted by Crippen LogP contribution is -1.94. The second-order valence-corrected chi connectivity index (χ2v) is 3.81. The Bertz CT molecular complexity index is 369. The summed E-state index contributed by atoms with van der Waals surface area (Å²) < 4.78 is 0. The van der Waals surface area contributed by atoms with Crippen LogP contribution >= 0.6 is 0 Å². The van der Waals surface area contributed by atoms with Gasteiger partial charge in [-0.25, -0.2) is 0 Å². The monoisotopic (exact) mass is 172 g/mol. The van der Waals surface area contributed by atoms with Gasteiger partial charge in [-0.3, -0.25) is 4.79 Å². The minimum Gasteiger partial charge on any atom is -0.289 e. The molecule has 1 atom stereocenters. The predicted octanol–water partition coefficient (Wildman–Crippen LogP) is 2.57. The van der Waals surface area contributed by atoms with Crippen molar-refractivity contribution in [3.8, 4) is 0 Å². The summed E-state index contributed by atoms with van der Waals surface area (Å²) in [7, 11) is 0. The summed E-state index contributed by atoms with van der Waals surface area (Å²) in [5.41, 5.74) is 2.38. The van der Waals surface area contributed by atoms with E-state index in [-0.39, 0.29) is 11.2 Å². The summed E-state index contributed by atoms with van der Waals surface area (Å²) in [6.07, 6.45) is 10.4. The maximum Gasteiger partial charge on any atom is 0.185 e. The molecule has 2 aliphatic carbocycles.